The molecule has 1 atom stereocenters. The summed E-state index contributed by atoms with van der Waals surface area (Å²) >= 11 is 0. The number of amides is 3. The number of aryl methyl sites for hydroxylation is 2. The number of carbonyl (C=O) groups excluding carboxylic acids is 2. The number of benzene rings is 2. The average Bonchev–Trinajstić information content (AvgIpc) is 3.25. The van der Waals surface area contributed by atoms with Crippen LogP contribution in [-0.2, 0) is 9.53 Å². The van der Waals surface area contributed by atoms with Gasteiger partial charge in [-0.1, -0.05) is 42.5 Å². The van der Waals surface area contributed by atoms with Gasteiger partial charge in [-0.15, -0.1) is 0 Å². The molecule has 3 rings (SSSR count). The maximum atomic E-state index is 13.4. The summed E-state index contributed by atoms with van der Waals surface area (Å²) in [5, 5.41) is 9.04. The minimum atomic E-state index is -0.285. The van der Waals surface area contributed by atoms with E-state index in [0.29, 0.717) is 26.1 Å². The minimum absolute atomic E-state index is 0.0672. The predicted octanol–water partition coefficient (Wildman–Crippen LogP) is 3.66. The maximum absolute atomic E-state index is 13.4. The van der Waals surface area contributed by atoms with Gasteiger partial charge in [0.25, 0.3) is 5.91 Å². The normalized spacial score (nSPS) is 15.4. The summed E-state index contributed by atoms with van der Waals surface area (Å²) in [6.07, 6.45) is 0.623. The van der Waals surface area contributed by atoms with E-state index in [1.54, 1.807) is 12.1 Å². The van der Waals surface area contributed by atoms with Crippen molar-refractivity contribution in [3.05, 3.63) is 70.8 Å². The largest absolute Gasteiger partial charge is 0.383 e. The van der Waals surface area contributed by atoms with E-state index in [0.717, 1.165) is 16.8 Å². The van der Waals surface area contributed by atoms with E-state index in [-0.39, 0.29) is 24.5 Å². The van der Waals surface area contributed by atoms with Gasteiger partial charge in [-0.2, -0.15) is 5.10 Å². The van der Waals surface area contributed by atoms with Gasteiger partial charge in [0, 0.05) is 26.6 Å². The molecule has 1 aliphatic heterocycles. The van der Waals surface area contributed by atoms with Crippen LogP contribution in [0, 0.1) is 13.8 Å². The average molecular weight is 437 g/mol. The zero-order valence-electron chi connectivity index (χ0n) is 19.3. The molecule has 0 spiro atoms. The molecule has 0 unspecified atom stereocenters. The topological polar surface area (TPSA) is 74.2 Å². The second-order valence-corrected chi connectivity index (χ2v) is 7.96. The molecule has 7 heteroatoms. The third-order valence-electron chi connectivity index (χ3n) is 5.70. The standard InChI is InChI=1S/C25H32N4O3/c1-5-26-25(31)28(13-14-32-4)17-24(30)29-23(20-9-7-6-8-10-20)16-22(27-29)21-12-11-18(2)19(3)15-21/h6-12,15,23H,5,13-14,16-17H2,1-4H3,(H,26,31)/t23-/m1/s1. The Morgan fingerprint density at radius 3 is 2.56 bits per heavy atom. The number of ether oxygens (including phenoxy) is 1. The van der Waals surface area contributed by atoms with Crippen molar-refractivity contribution in [1.82, 2.24) is 15.2 Å². The summed E-state index contributed by atoms with van der Waals surface area (Å²) in [6, 6.07) is 15.7. The zero-order valence-corrected chi connectivity index (χ0v) is 19.3. The quantitative estimate of drug-likeness (QED) is 0.686. The molecule has 1 aliphatic rings. The van der Waals surface area contributed by atoms with Crippen LogP contribution in [0.1, 0.15) is 41.6 Å². The molecule has 0 fully saturated rings. The van der Waals surface area contributed by atoms with E-state index in [1.165, 1.54) is 16.0 Å². The Morgan fingerprint density at radius 2 is 1.91 bits per heavy atom. The molecule has 0 bridgehead atoms. The summed E-state index contributed by atoms with van der Waals surface area (Å²) in [7, 11) is 1.57. The lowest BCUT2D eigenvalue weighted by atomic mass is 9.96. The first kappa shape index (κ1) is 23.5. The van der Waals surface area contributed by atoms with Gasteiger partial charge in [0.15, 0.2) is 0 Å². The Kier molecular flexibility index (Phi) is 8.00. The molecular formula is C25H32N4O3. The fourth-order valence-electron chi connectivity index (χ4n) is 3.72. The minimum Gasteiger partial charge on any atom is -0.383 e. The zero-order chi connectivity index (χ0) is 23.1. The Labute approximate surface area is 190 Å². The van der Waals surface area contributed by atoms with Crippen LogP contribution < -0.4 is 5.32 Å². The summed E-state index contributed by atoms with van der Waals surface area (Å²) in [6.45, 7) is 7.10. The van der Waals surface area contributed by atoms with Gasteiger partial charge in [0.05, 0.1) is 18.4 Å². The summed E-state index contributed by atoms with van der Waals surface area (Å²) in [4.78, 5) is 27.3. The third-order valence-corrected chi connectivity index (χ3v) is 5.70. The lowest BCUT2D eigenvalue weighted by molar-refractivity contribution is -0.133. The van der Waals surface area contributed by atoms with E-state index in [4.69, 9.17) is 9.84 Å². The van der Waals surface area contributed by atoms with Crippen molar-refractivity contribution in [2.24, 2.45) is 5.10 Å². The molecular weight excluding hydrogens is 404 g/mol. The van der Waals surface area contributed by atoms with Crippen LogP contribution in [0.3, 0.4) is 0 Å². The van der Waals surface area contributed by atoms with Crippen molar-refractivity contribution >= 4 is 17.6 Å². The van der Waals surface area contributed by atoms with Crippen molar-refractivity contribution in [2.45, 2.75) is 33.2 Å². The number of nitrogens with one attached hydrogen (secondary N) is 1. The Bertz CT molecular complexity index is 974. The number of nitrogens with zero attached hydrogens (tertiary/aromatic N) is 3. The van der Waals surface area contributed by atoms with Crippen molar-refractivity contribution in [3.8, 4) is 0 Å². The molecule has 1 N–H and O–H groups in total. The molecule has 170 valence electrons. The number of hydrogen-bond acceptors (Lipinski definition) is 4. The fraction of sp³-hybridized carbons (Fsp3) is 0.400. The van der Waals surface area contributed by atoms with Gasteiger partial charge < -0.3 is 15.0 Å². The van der Waals surface area contributed by atoms with Gasteiger partial charge in [0.2, 0.25) is 0 Å². The predicted molar refractivity (Wildman–Crippen MR) is 126 cm³/mol. The van der Waals surface area contributed by atoms with Gasteiger partial charge in [-0.3, -0.25) is 4.79 Å². The summed E-state index contributed by atoms with van der Waals surface area (Å²) in [5.41, 5.74) is 5.31. The SMILES string of the molecule is CCNC(=O)N(CCOC)CC(=O)N1N=C(c2ccc(C)c(C)c2)C[C@@H]1c1ccccc1. The van der Waals surface area contributed by atoms with Crippen molar-refractivity contribution < 1.29 is 14.3 Å². The lowest BCUT2D eigenvalue weighted by Gasteiger charge is -2.27. The van der Waals surface area contributed by atoms with E-state index in [9.17, 15) is 9.59 Å². The van der Waals surface area contributed by atoms with E-state index in [2.05, 4.69) is 37.4 Å². The number of hydrogen-bond donors (Lipinski definition) is 1. The van der Waals surface area contributed by atoms with Crippen LogP contribution in [0.4, 0.5) is 4.79 Å². The second kappa shape index (κ2) is 10.9. The maximum Gasteiger partial charge on any atom is 0.317 e. The summed E-state index contributed by atoms with van der Waals surface area (Å²) in [5.74, 6) is -0.222. The molecule has 0 saturated carbocycles. The lowest BCUT2D eigenvalue weighted by Crippen LogP contribution is -2.47. The molecule has 2 aromatic carbocycles. The van der Waals surface area contributed by atoms with E-state index in [1.807, 2.05) is 37.3 Å². The Balaban J connectivity index is 1.88. The van der Waals surface area contributed by atoms with Gasteiger partial charge in [0.1, 0.15) is 6.54 Å². The smallest absolute Gasteiger partial charge is 0.317 e. The van der Waals surface area contributed by atoms with Crippen molar-refractivity contribution in [1.29, 1.82) is 0 Å². The highest BCUT2D eigenvalue weighted by atomic mass is 16.5. The number of carbonyl (C=O) groups is 2. The molecule has 32 heavy (non-hydrogen) atoms. The van der Waals surface area contributed by atoms with Crippen LogP contribution in [0.2, 0.25) is 0 Å². The number of rotatable bonds is 8. The fourth-order valence-corrected chi connectivity index (χ4v) is 3.72. The number of hydrazone groups is 1. The first-order valence-corrected chi connectivity index (χ1v) is 11.0. The first-order valence-electron chi connectivity index (χ1n) is 11.0. The third kappa shape index (κ3) is 5.53. The second-order valence-electron chi connectivity index (χ2n) is 7.96. The Morgan fingerprint density at radius 1 is 1.16 bits per heavy atom. The van der Waals surface area contributed by atoms with Crippen LogP contribution in [0.5, 0.6) is 0 Å². The van der Waals surface area contributed by atoms with Crippen molar-refractivity contribution in [3.63, 3.8) is 0 Å². The molecule has 0 aliphatic carbocycles. The van der Waals surface area contributed by atoms with Gasteiger partial charge in [-0.05, 0) is 49.1 Å². The van der Waals surface area contributed by atoms with Crippen LogP contribution in [0.25, 0.3) is 0 Å². The van der Waals surface area contributed by atoms with Gasteiger partial charge in [-0.25, -0.2) is 9.80 Å². The van der Waals surface area contributed by atoms with E-state index >= 15 is 0 Å². The monoisotopic (exact) mass is 436 g/mol. The highest BCUT2D eigenvalue weighted by Gasteiger charge is 2.34. The van der Waals surface area contributed by atoms with Crippen LogP contribution in [-0.4, -0.2) is 60.9 Å². The van der Waals surface area contributed by atoms with Crippen LogP contribution >= 0.6 is 0 Å². The number of methoxy groups -OCH3 is 1. The molecule has 0 radical (unpaired) electrons. The van der Waals surface area contributed by atoms with Crippen molar-refractivity contribution in [2.75, 3.05) is 33.4 Å². The first-order chi connectivity index (χ1) is 15.4. The van der Waals surface area contributed by atoms with Crippen LogP contribution in [0.15, 0.2) is 53.6 Å². The molecule has 0 saturated heterocycles. The van der Waals surface area contributed by atoms with E-state index < -0.39 is 0 Å². The highest BCUT2D eigenvalue weighted by Crippen LogP contribution is 2.33. The molecule has 7 nitrogen and oxygen atoms in total. The number of urea groups is 1. The molecule has 3 amide bonds. The molecule has 0 aromatic heterocycles. The van der Waals surface area contributed by atoms with Gasteiger partial charge >= 0.3 is 6.03 Å². The summed E-state index contributed by atoms with van der Waals surface area (Å²) < 4.78 is 5.12. The molecule has 1 heterocycles. The highest BCUT2D eigenvalue weighted by molar-refractivity contribution is 6.03. The Hall–Kier alpha value is -3.19. The molecule has 2 aromatic rings.